The van der Waals surface area contributed by atoms with Crippen LogP contribution in [0.25, 0.3) is 5.57 Å². The zero-order chi connectivity index (χ0) is 20.5. The van der Waals surface area contributed by atoms with Crippen molar-refractivity contribution in [2.45, 2.75) is 18.9 Å². The molecule has 3 aliphatic rings. The maximum Gasteiger partial charge on any atom is 0.277 e. The summed E-state index contributed by atoms with van der Waals surface area (Å²) in [5, 5.41) is 11.0. The number of hydrogen-bond acceptors (Lipinski definition) is 7. The number of nitro benzene ring substituents is 1. The Labute approximate surface area is 168 Å². The van der Waals surface area contributed by atoms with E-state index < -0.39 is 4.92 Å². The number of likely N-dealkylation sites (N-methyl/N-ethyl adjacent to an activating group) is 1. The summed E-state index contributed by atoms with van der Waals surface area (Å²) in [6, 6.07) is 5.82. The summed E-state index contributed by atoms with van der Waals surface area (Å²) in [6.45, 7) is 3.78. The second-order valence-electron chi connectivity index (χ2n) is 7.67. The van der Waals surface area contributed by atoms with Crippen molar-refractivity contribution in [2.24, 2.45) is 0 Å². The molecule has 0 bridgehead atoms. The number of amides is 2. The molecule has 0 spiro atoms. The molecule has 0 radical (unpaired) electrons. The van der Waals surface area contributed by atoms with Crippen LogP contribution in [0.2, 0.25) is 0 Å². The first kappa shape index (κ1) is 19.5. The van der Waals surface area contributed by atoms with Gasteiger partial charge in [0.15, 0.2) is 0 Å². The molecular formula is C20H24N4O5. The van der Waals surface area contributed by atoms with E-state index in [1.807, 2.05) is 11.9 Å². The summed E-state index contributed by atoms with van der Waals surface area (Å²) in [6.07, 6.45) is 1.62. The average Bonchev–Trinajstić information content (AvgIpc) is 3.31. The molecule has 1 aromatic rings. The third kappa shape index (κ3) is 3.75. The van der Waals surface area contributed by atoms with Crippen LogP contribution in [0.5, 0.6) is 0 Å². The van der Waals surface area contributed by atoms with Crippen LogP contribution < -0.4 is 0 Å². The molecule has 0 N–H and O–H groups in total. The minimum absolute atomic E-state index is 0.0523. The van der Waals surface area contributed by atoms with Gasteiger partial charge in [-0.2, -0.15) is 0 Å². The van der Waals surface area contributed by atoms with E-state index >= 15 is 0 Å². The van der Waals surface area contributed by atoms with Crippen LogP contribution in [0.1, 0.15) is 18.4 Å². The molecule has 1 atom stereocenters. The van der Waals surface area contributed by atoms with E-state index in [2.05, 4.69) is 4.90 Å². The van der Waals surface area contributed by atoms with Crippen LogP contribution in [-0.4, -0.2) is 83.9 Å². The fourth-order valence-electron chi connectivity index (χ4n) is 4.05. The first-order chi connectivity index (χ1) is 14.0. The number of imide groups is 1. The van der Waals surface area contributed by atoms with Crippen molar-refractivity contribution in [1.29, 1.82) is 0 Å². The Morgan fingerprint density at radius 1 is 1.10 bits per heavy atom. The Kier molecular flexibility index (Phi) is 5.33. The quantitative estimate of drug-likeness (QED) is 0.415. The molecule has 2 amide bonds. The topological polar surface area (TPSA) is 96.2 Å². The number of ether oxygens (including phenoxy) is 1. The van der Waals surface area contributed by atoms with Gasteiger partial charge >= 0.3 is 0 Å². The van der Waals surface area contributed by atoms with Crippen molar-refractivity contribution in [3.05, 3.63) is 45.6 Å². The van der Waals surface area contributed by atoms with Crippen LogP contribution >= 0.6 is 0 Å². The lowest BCUT2D eigenvalue weighted by Crippen LogP contribution is -2.46. The predicted molar refractivity (Wildman–Crippen MR) is 105 cm³/mol. The summed E-state index contributed by atoms with van der Waals surface area (Å²) >= 11 is 0. The fourth-order valence-corrected chi connectivity index (χ4v) is 4.05. The third-order valence-electron chi connectivity index (χ3n) is 5.74. The van der Waals surface area contributed by atoms with E-state index in [-0.39, 0.29) is 30.2 Å². The fraction of sp³-hybridized carbons (Fsp3) is 0.500. The van der Waals surface area contributed by atoms with Crippen LogP contribution in [0.3, 0.4) is 0 Å². The number of benzene rings is 1. The van der Waals surface area contributed by atoms with Gasteiger partial charge in [0.25, 0.3) is 17.5 Å². The van der Waals surface area contributed by atoms with Gasteiger partial charge in [-0.1, -0.05) is 0 Å². The Hall–Kier alpha value is -2.78. The lowest BCUT2D eigenvalue weighted by atomic mass is 10.0. The first-order valence-electron chi connectivity index (χ1n) is 9.86. The van der Waals surface area contributed by atoms with Crippen molar-refractivity contribution in [2.75, 3.05) is 46.4 Å². The molecule has 154 valence electrons. The Morgan fingerprint density at radius 3 is 2.38 bits per heavy atom. The number of carbonyl (C=O) groups excluding carboxylic acids is 2. The molecule has 9 nitrogen and oxygen atoms in total. The SMILES string of the molecule is CN1CCN(C2=C(c3ccc([N+](=O)[O-])cc3)C(=O)N(CC3CCCO3)C2=O)CC1. The Morgan fingerprint density at radius 2 is 1.79 bits per heavy atom. The minimum Gasteiger partial charge on any atom is -0.376 e. The molecule has 2 saturated heterocycles. The molecule has 0 saturated carbocycles. The van der Waals surface area contributed by atoms with Crippen LogP contribution in [-0.2, 0) is 14.3 Å². The number of nitrogens with zero attached hydrogens (tertiary/aromatic N) is 4. The van der Waals surface area contributed by atoms with Gasteiger partial charge < -0.3 is 14.5 Å². The number of nitro groups is 1. The number of hydrogen-bond donors (Lipinski definition) is 0. The molecule has 0 aromatic heterocycles. The molecule has 3 heterocycles. The monoisotopic (exact) mass is 400 g/mol. The van der Waals surface area contributed by atoms with Gasteiger partial charge in [-0.15, -0.1) is 0 Å². The van der Waals surface area contributed by atoms with Gasteiger partial charge in [0, 0.05) is 44.9 Å². The van der Waals surface area contributed by atoms with Crippen LogP contribution in [0.15, 0.2) is 30.0 Å². The lowest BCUT2D eigenvalue weighted by Gasteiger charge is -2.34. The van der Waals surface area contributed by atoms with Crippen molar-refractivity contribution >= 4 is 23.1 Å². The van der Waals surface area contributed by atoms with Crippen LogP contribution in [0.4, 0.5) is 5.69 Å². The van der Waals surface area contributed by atoms with Gasteiger partial charge in [0.2, 0.25) is 0 Å². The zero-order valence-corrected chi connectivity index (χ0v) is 16.4. The highest BCUT2D eigenvalue weighted by Crippen LogP contribution is 2.33. The molecule has 1 aromatic carbocycles. The van der Waals surface area contributed by atoms with E-state index in [4.69, 9.17) is 4.74 Å². The second-order valence-corrected chi connectivity index (χ2v) is 7.67. The molecule has 3 aliphatic heterocycles. The number of rotatable bonds is 5. The Balaban J connectivity index is 1.69. The third-order valence-corrected chi connectivity index (χ3v) is 5.74. The second kappa shape index (κ2) is 7.92. The van der Waals surface area contributed by atoms with E-state index in [0.717, 1.165) is 25.9 Å². The summed E-state index contributed by atoms with van der Waals surface area (Å²) < 4.78 is 5.63. The predicted octanol–water partition coefficient (Wildman–Crippen LogP) is 1.10. The van der Waals surface area contributed by atoms with Gasteiger partial charge in [0.1, 0.15) is 5.70 Å². The number of carbonyl (C=O) groups is 2. The first-order valence-corrected chi connectivity index (χ1v) is 9.86. The normalized spacial score (nSPS) is 23.4. The summed E-state index contributed by atoms with van der Waals surface area (Å²) in [7, 11) is 2.02. The molecule has 9 heteroatoms. The molecule has 1 unspecified atom stereocenters. The maximum atomic E-state index is 13.3. The van der Waals surface area contributed by atoms with Crippen LogP contribution in [0, 0.1) is 10.1 Å². The highest BCUT2D eigenvalue weighted by atomic mass is 16.6. The molecule has 2 fully saturated rings. The Bertz CT molecular complexity index is 852. The smallest absolute Gasteiger partial charge is 0.277 e. The van der Waals surface area contributed by atoms with Gasteiger partial charge in [-0.25, -0.2) is 0 Å². The maximum absolute atomic E-state index is 13.3. The highest BCUT2D eigenvalue weighted by molar-refractivity contribution is 6.35. The number of non-ortho nitro benzene ring substituents is 1. The van der Waals surface area contributed by atoms with E-state index in [1.54, 1.807) is 12.1 Å². The molecular weight excluding hydrogens is 376 g/mol. The molecule has 29 heavy (non-hydrogen) atoms. The average molecular weight is 400 g/mol. The van der Waals surface area contributed by atoms with E-state index in [0.29, 0.717) is 36.5 Å². The largest absolute Gasteiger partial charge is 0.376 e. The summed E-state index contributed by atoms with van der Waals surface area (Å²) in [5.74, 6) is -0.656. The van der Waals surface area contributed by atoms with Crippen molar-refractivity contribution < 1.29 is 19.2 Å². The van der Waals surface area contributed by atoms with Gasteiger partial charge in [-0.05, 0) is 37.6 Å². The van der Waals surface area contributed by atoms with Crippen molar-refractivity contribution in [3.63, 3.8) is 0 Å². The van der Waals surface area contributed by atoms with Gasteiger partial charge in [0.05, 0.1) is 23.1 Å². The zero-order valence-electron chi connectivity index (χ0n) is 16.4. The summed E-state index contributed by atoms with van der Waals surface area (Å²) in [5.41, 5.74) is 1.20. The highest BCUT2D eigenvalue weighted by Gasteiger charge is 2.43. The molecule has 0 aliphatic carbocycles. The lowest BCUT2D eigenvalue weighted by molar-refractivity contribution is -0.384. The minimum atomic E-state index is -0.481. The summed E-state index contributed by atoms with van der Waals surface area (Å²) in [4.78, 5) is 42.4. The van der Waals surface area contributed by atoms with E-state index in [9.17, 15) is 19.7 Å². The number of piperazine rings is 1. The van der Waals surface area contributed by atoms with Crippen molar-refractivity contribution in [1.82, 2.24) is 14.7 Å². The molecule has 4 rings (SSSR count). The standard InChI is InChI=1S/C20H24N4O5/c1-21-8-10-22(11-9-21)18-17(14-4-6-15(7-5-14)24(27)28)19(25)23(20(18)26)13-16-3-2-12-29-16/h4-7,16H,2-3,8-13H2,1H3. The van der Waals surface area contributed by atoms with Gasteiger partial charge in [-0.3, -0.25) is 24.6 Å². The van der Waals surface area contributed by atoms with Crippen molar-refractivity contribution in [3.8, 4) is 0 Å². The van der Waals surface area contributed by atoms with E-state index in [1.165, 1.54) is 17.0 Å².